The summed E-state index contributed by atoms with van der Waals surface area (Å²) in [6.45, 7) is 10.7. The molecule has 0 saturated heterocycles. The summed E-state index contributed by atoms with van der Waals surface area (Å²) in [5.41, 5.74) is 5.18. The quantitative estimate of drug-likeness (QED) is 0.0212. The third-order valence-corrected chi connectivity index (χ3v) is 10.9. The average Bonchev–Trinajstić information content (AvgIpc) is 3.41. The molecule has 0 heterocycles. The maximum absolute atomic E-state index is 13.6. The van der Waals surface area contributed by atoms with Gasteiger partial charge in [-0.25, -0.2) is 0 Å². The number of unbranched alkanes of at least 4 members (excludes halogenated alkanes) is 4. The van der Waals surface area contributed by atoms with Gasteiger partial charge in [-0.1, -0.05) is 54.4 Å². The van der Waals surface area contributed by atoms with Gasteiger partial charge >= 0.3 is 0 Å². The minimum absolute atomic E-state index is 0.0147. The number of hydrogen-bond donors (Lipinski definition) is 12. The van der Waals surface area contributed by atoms with Crippen molar-refractivity contribution >= 4 is 109 Å². The first kappa shape index (κ1) is 75.8. The highest BCUT2D eigenvalue weighted by atomic mass is 16.2. The monoisotopic (exact) mass is 1100 g/mol. The van der Waals surface area contributed by atoms with Crippen molar-refractivity contribution in [3.05, 3.63) is 0 Å². The fourth-order valence-corrected chi connectivity index (χ4v) is 6.74. The van der Waals surface area contributed by atoms with Crippen LogP contribution in [-0.4, -0.2) is 177 Å². The summed E-state index contributed by atoms with van der Waals surface area (Å²) in [5.74, 6) is -7.40. The Balaban J connectivity index is -0.0000137. The molecule has 26 nitrogen and oxygen atoms in total. The van der Waals surface area contributed by atoms with Crippen LogP contribution in [0.2, 0.25) is 0 Å². The highest BCUT2D eigenvalue weighted by Gasteiger charge is 2.26. The van der Waals surface area contributed by atoms with Gasteiger partial charge in [-0.2, -0.15) is 0 Å². The van der Waals surface area contributed by atoms with Gasteiger partial charge in [0.05, 0.1) is 19.6 Å². The third-order valence-electron chi connectivity index (χ3n) is 10.9. The van der Waals surface area contributed by atoms with Crippen molar-refractivity contribution in [3.63, 3.8) is 0 Å². The van der Waals surface area contributed by atoms with Crippen LogP contribution in [-0.2, 0) is 62.3 Å². The van der Waals surface area contributed by atoms with Crippen LogP contribution < -0.4 is 63.9 Å². The van der Waals surface area contributed by atoms with Crippen LogP contribution >= 0.6 is 0 Å². The molecule has 3 atom stereocenters. The van der Waals surface area contributed by atoms with Crippen LogP contribution in [0.25, 0.3) is 0 Å². The van der Waals surface area contributed by atoms with Crippen LogP contribution in [0.15, 0.2) is 0 Å². The highest BCUT2D eigenvalue weighted by molar-refractivity contribution is 6.16. The molecule has 3 unspecified atom stereocenters. The summed E-state index contributed by atoms with van der Waals surface area (Å²) in [5, 5.41) is 25.8. The number of rotatable bonds is 42. The molecule has 78 heavy (non-hydrogen) atoms. The Kier molecular flexibility index (Phi) is 47.5. The number of carbonyl (C=O) groups is 13. The van der Waals surface area contributed by atoms with Gasteiger partial charge in [-0.05, 0) is 57.8 Å². The fraction of sp³-hybridized carbons (Fsp3) is 0.729. The van der Waals surface area contributed by atoms with Crippen molar-refractivity contribution in [2.45, 2.75) is 175 Å². The van der Waals surface area contributed by atoms with Gasteiger partial charge in [0, 0.05) is 77.0 Å². The van der Waals surface area contributed by atoms with Crippen LogP contribution in [0.4, 0.5) is 0 Å². The summed E-state index contributed by atoms with van der Waals surface area (Å²) in [6.07, 6.45) is 2.81. The number of ketones is 1. The van der Waals surface area contributed by atoms with E-state index in [0.717, 1.165) is 0 Å². The van der Waals surface area contributed by atoms with Gasteiger partial charge in [0.25, 0.3) is 0 Å². The van der Waals surface area contributed by atoms with Crippen molar-refractivity contribution in [1.29, 1.82) is 0 Å². The Morgan fingerprint density at radius 3 is 1.14 bits per heavy atom. The van der Waals surface area contributed by atoms with Gasteiger partial charge < -0.3 is 63.9 Å². The predicted octanol–water partition coefficient (Wildman–Crippen LogP) is -3.21. The standard InChI is InChI=1S/C44H73B4N13O13.2C2H6/c1-28(2)32(62)11-5-3-7-21-51-39(69)25-61(26-40(70)52-22-8-4-6-12-33(49)63)27-41(71)56-29(42(72)53-24-10-14-36(66)55-31(44(74)60-48)17-20-38(68)58-46)15-18-34(64)50-23-9-13-35(65)54-30(43(73)59-47)16-19-37(67)57-45;2*1-2/h28-31H,3-27H2,1-2H3,(H2,49,63)(H,50,64)(H,51,69)(H,52,70)(H,53,72)(H,54,65)(H,55,66)(H,56,71)(H,57,67)(H,58,68)(H,59,73)(H,60,74);2*1-2H3. The zero-order valence-electron chi connectivity index (χ0n) is 46.6. The van der Waals surface area contributed by atoms with Gasteiger partial charge in [-0.3, -0.25) is 67.2 Å². The van der Waals surface area contributed by atoms with Crippen molar-refractivity contribution in [2.24, 2.45) is 11.7 Å². The number of nitrogens with two attached hydrogens (primary N) is 1. The van der Waals surface area contributed by atoms with Gasteiger partial charge in [0.2, 0.25) is 103 Å². The number of hydrogen-bond acceptors (Lipinski definition) is 14. The lowest BCUT2D eigenvalue weighted by atomic mass is 10.0. The lowest BCUT2D eigenvalue weighted by Crippen LogP contribution is -2.52. The van der Waals surface area contributed by atoms with Gasteiger partial charge in [0.15, 0.2) is 0 Å². The van der Waals surface area contributed by atoms with Gasteiger partial charge in [-0.15, -0.1) is 0 Å². The van der Waals surface area contributed by atoms with Crippen LogP contribution in [0, 0.1) is 5.92 Å². The zero-order chi connectivity index (χ0) is 59.8. The van der Waals surface area contributed by atoms with Crippen LogP contribution in [0.3, 0.4) is 0 Å². The largest absolute Gasteiger partial charge is 0.409 e. The van der Waals surface area contributed by atoms with E-state index in [1.165, 1.54) is 4.90 Å². The predicted molar refractivity (Wildman–Crippen MR) is 295 cm³/mol. The lowest BCUT2D eigenvalue weighted by Gasteiger charge is -2.23. The molecule has 0 aromatic rings. The summed E-state index contributed by atoms with van der Waals surface area (Å²) in [4.78, 5) is 163. The molecule has 30 heteroatoms. The molecular formula is C48H85B4N13O13. The summed E-state index contributed by atoms with van der Waals surface area (Å²) in [6, 6.07) is -3.67. The van der Waals surface area contributed by atoms with E-state index in [1.54, 1.807) is 0 Å². The normalized spacial score (nSPS) is 11.4. The topological polar surface area (TPSA) is 383 Å². The molecule has 432 valence electrons. The summed E-state index contributed by atoms with van der Waals surface area (Å²) in [7, 11) is 20.5. The molecule has 0 aliphatic rings. The van der Waals surface area contributed by atoms with E-state index in [2.05, 4.69) is 37.2 Å². The number of primary amides is 1. The van der Waals surface area contributed by atoms with Crippen molar-refractivity contribution in [3.8, 4) is 0 Å². The molecule has 0 aliphatic heterocycles. The Morgan fingerprint density at radius 1 is 0.372 bits per heavy atom. The second kappa shape index (κ2) is 48.9. The molecular weight excluding hydrogens is 1010 g/mol. The molecule has 8 radical (unpaired) electrons. The van der Waals surface area contributed by atoms with E-state index < -0.39 is 109 Å². The number of carbonyl (C=O) groups excluding carboxylic acids is 13. The maximum Gasteiger partial charge on any atom is 0.242 e. The first-order chi connectivity index (χ1) is 37.1. The molecule has 0 saturated carbocycles. The SMILES string of the molecule is CC.CC.[B]NC(=O)CCC(NC(=O)CCCNC(=O)CCC(NC(=O)CN(CC(=O)NCCCCCC(N)=O)CC(=O)NCCCCCC(=O)C(C)C)C(=O)NCCCC(=O)NC(CCC(=O)N[B])C(=O)N[B])C(=O)N[B]. The Hall–Kier alpha value is -6.47. The van der Waals surface area contributed by atoms with Crippen LogP contribution in [0.1, 0.15) is 157 Å². The first-order valence-electron chi connectivity index (χ1n) is 26.6. The van der Waals surface area contributed by atoms with E-state index in [9.17, 15) is 62.3 Å². The highest BCUT2D eigenvalue weighted by Crippen LogP contribution is 2.07. The zero-order valence-corrected chi connectivity index (χ0v) is 46.6. The molecule has 0 rings (SSSR count). The molecule has 0 spiro atoms. The van der Waals surface area contributed by atoms with E-state index in [-0.39, 0.29) is 109 Å². The second-order valence-corrected chi connectivity index (χ2v) is 17.5. The average molecular weight is 1100 g/mol. The molecule has 12 amide bonds. The lowest BCUT2D eigenvalue weighted by molar-refractivity contribution is -0.132. The number of nitrogens with zero attached hydrogens (tertiary/aromatic N) is 1. The molecule has 13 N–H and O–H groups in total. The molecule has 0 aromatic carbocycles. The van der Waals surface area contributed by atoms with Crippen molar-refractivity contribution in [1.82, 2.24) is 63.0 Å². The first-order valence-corrected chi connectivity index (χ1v) is 26.6. The fourth-order valence-electron chi connectivity index (χ4n) is 6.74. The number of Topliss-reactive ketones (excluding diaryl/α,β-unsaturated/α-hetero) is 1. The minimum atomic E-state index is -1.36. The molecule has 0 aromatic heterocycles. The smallest absolute Gasteiger partial charge is 0.242 e. The van der Waals surface area contributed by atoms with Crippen molar-refractivity contribution in [2.75, 3.05) is 45.8 Å². The number of amides is 12. The van der Waals surface area contributed by atoms with E-state index in [4.69, 9.17) is 37.7 Å². The third kappa shape index (κ3) is 41.7. The Labute approximate surface area is 465 Å². The second-order valence-electron chi connectivity index (χ2n) is 17.5. The minimum Gasteiger partial charge on any atom is -0.409 e. The Morgan fingerprint density at radius 2 is 0.731 bits per heavy atom. The Bertz CT molecular complexity index is 1870. The molecule has 0 bridgehead atoms. The summed E-state index contributed by atoms with van der Waals surface area (Å²) < 4.78 is 0. The van der Waals surface area contributed by atoms with Gasteiger partial charge in [0.1, 0.15) is 23.9 Å². The number of nitrogens with one attached hydrogen (secondary N) is 11. The van der Waals surface area contributed by atoms with E-state index in [1.807, 2.05) is 62.5 Å². The van der Waals surface area contributed by atoms with E-state index in [0.29, 0.717) is 44.9 Å². The summed E-state index contributed by atoms with van der Waals surface area (Å²) >= 11 is 0. The van der Waals surface area contributed by atoms with E-state index >= 15 is 0 Å². The molecule has 0 aliphatic carbocycles. The van der Waals surface area contributed by atoms with Crippen molar-refractivity contribution < 1.29 is 62.3 Å². The molecule has 0 fully saturated rings. The van der Waals surface area contributed by atoms with Crippen LogP contribution in [0.5, 0.6) is 0 Å². The maximum atomic E-state index is 13.6.